The molecule has 1 aliphatic rings. The Bertz CT molecular complexity index is 1100. The average molecular weight is 412 g/mol. The number of nitrogens with zero attached hydrogens (tertiary/aromatic N) is 2. The molecule has 0 saturated carbocycles. The summed E-state index contributed by atoms with van der Waals surface area (Å²) in [7, 11) is 0. The van der Waals surface area contributed by atoms with Gasteiger partial charge in [-0.3, -0.25) is 9.78 Å². The number of rotatable bonds is 6. The molecule has 8 heteroatoms. The second-order valence-electron chi connectivity index (χ2n) is 6.65. The van der Waals surface area contributed by atoms with Gasteiger partial charge in [0.15, 0.2) is 11.5 Å². The molecule has 0 fully saturated rings. The molecule has 7 nitrogen and oxygen atoms in total. The zero-order chi connectivity index (χ0) is 20.4. The van der Waals surface area contributed by atoms with Gasteiger partial charge in [0.25, 0.3) is 6.17 Å². The van der Waals surface area contributed by atoms with Crippen molar-refractivity contribution in [2.75, 3.05) is 17.7 Å². The van der Waals surface area contributed by atoms with E-state index in [2.05, 4.69) is 17.2 Å². The normalized spacial score (nSPS) is 14.6. The van der Waals surface area contributed by atoms with Gasteiger partial charge in [0, 0.05) is 16.4 Å². The van der Waals surface area contributed by atoms with Crippen molar-refractivity contribution >= 4 is 17.4 Å². The molecule has 0 spiro atoms. The molecule has 0 unspecified atom stereocenters. The van der Waals surface area contributed by atoms with Gasteiger partial charge in [0.1, 0.15) is 0 Å². The Labute approximate surface area is 172 Å². The Morgan fingerprint density at radius 3 is 2.86 bits per heavy atom. The third kappa shape index (κ3) is 3.67. The van der Waals surface area contributed by atoms with Crippen molar-refractivity contribution < 1.29 is 14.5 Å². The lowest BCUT2D eigenvalue weighted by molar-refractivity contribution is -0.759. The Hall–Kier alpha value is -3.00. The van der Waals surface area contributed by atoms with Crippen molar-refractivity contribution in [3.63, 3.8) is 0 Å². The summed E-state index contributed by atoms with van der Waals surface area (Å²) in [6, 6.07) is 12.9. The number of fused-ring (bicyclic) bond motifs is 3. The Morgan fingerprint density at radius 2 is 2.07 bits per heavy atom. The Morgan fingerprint density at radius 1 is 1.24 bits per heavy atom. The first-order valence-electron chi connectivity index (χ1n) is 9.63. The monoisotopic (exact) mass is 411 g/mol. The number of aromatic hydroxyl groups is 1. The van der Waals surface area contributed by atoms with Crippen molar-refractivity contribution in [1.82, 2.24) is 10.1 Å². The molecular weight excluding hydrogens is 388 g/mol. The molecule has 3 aromatic rings. The molecule has 0 amide bonds. The van der Waals surface area contributed by atoms with E-state index in [1.54, 1.807) is 16.8 Å². The highest BCUT2D eigenvalue weighted by atomic mass is 32.2. The van der Waals surface area contributed by atoms with Crippen LogP contribution in [-0.2, 0) is 0 Å². The van der Waals surface area contributed by atoms with E-state index in [0.717, 1.165) is 29.0 Å². The SMILES string of the molecule is CCCSc1n[n+]2c(c(=O)[nH]1)-c1ccccc1N[C@H]2c1ccc(O)c(OCC)c1. The van der Waals surface area contributed by atoms with E-state index in [1.165, 1.54) is 11.8 Å². The highest BCUT2D eigenvalue weighted by Crippen LogP contribution is 2.34. The molecule has 2 aromatic carbocycles. The fraction of sp³-hybridized carbons (Fsp3) is 0.286. The Kier molecular flexibility index (Phi) is 5.44. The molecule has 1 aliphatic heterocycles. The van der Waals surface area contributed by atoms with Crippen molar-refractivity contribution in [2.24, 2.45) is 0 Å². The minimum Gasteiger partial charge on any atom is -0.504 e. The van der Waals surface area contributed by atoms with Gasteiger partial charge in [-0.05, 0) is 48.4 Å². The molecule has 0 saturated heterocycles. The number of aromatic nitrogens is 3. The number of phenols is 1. The highest BCUT2D eigenvalue weighted by molar-refractivity contribution is 7.99. The fourth-order valence-corrected chi connectivity index (χ4v) is 4.06. The summed E-state index contributed by atoms with van der Waals surface area (Å²) < 4.78 is 7.27. The lowest BCUT2D eigenvalue weighted by Crippen LogP contribution is -2.55. The van der Waals surface area contributed by atoms with Crippen LogP contribution in [0.4, 0.5) is 5.69 Å². The van der Waals surface area contributed by atoms with E-state index in [0.29, 0.717) is 23.2 Å². The third-order valence-corrected chi connectivity index (χ3v) is 5.69. The standard InChI is InChI=1S/C21H22N4O3S/c1-3-11-29-21-23-20(27)18-14-7-5-6-8-15(14)22-19(25(18)24-21)13-9-10-16(26)17(12-13)28-4-2/h5-10,12,19H,3-4,11H2,1-2H3,(H2,23,24,26,27)/p+1/t19-/m1/s1. The summed E-state index contributed by atoms with van der Waals surface area (Å²) in [6.45, 7) is 4.39. The minimum absolute atomic E-state index is 0.0788. The van der Waals surface area contributed by atoms with Crippen LogP contribution in [0.15, 0.2) is 52.4 Å². The quantitative estimate of drug-likeness (QED) is 0.426. The third-order valence-electron chi connectivity index (χ3n) is 4.62. The Balaban J connectivity index is 1.88. The smallest absolute Gasteiger partial charge is 0.325 e. The summed E-state index contributed by atoms with van der Waals surface area (Å²) in [5.41, 5.74) is 2.80. The number of aromatic amines is 1. The van der Waals surface area contributed by atoms with E-state index in [4.69, 9.17) is 9.84 Å². The number of ether oxygens (including phenoxy) is 1. The maximum absolute atomic E-state index is 13.0. The zero-order valence-corrected chi connectivity index (χ0v) is 17.1. The van der Waals surface area contributed by atoms with Crippen LogP contribution >= 0.6 is 11.8 Å². The van der Waals surface area contributed by atoms with Crippen LogP contribution in [-0.4, -0.2) is 27.5 Å². The van der Waals surface area contributed by atoms with Crippen LogP contribution in [0.3, 0.4) is 0 Å². The van der Waals surface area contributed by atoms with Gasteiger partial charge in [-0.1, -0.05) is 30.8 Å². The van der Waals surface area contributed by atoms with Gasteiger partial charge in [0.2, 0.25) is 5.16 Å². The number of benzene rings is 2. The van der Waals surface area contributed by atoms with E-state index in [-0.39, 0.29) is 11.3 Å². The minimum atomic E-state index is -0.414. The molecular formula is C21H23N4O3S+. The molecule has 2 heterocycles. The lowest BCUT2D eigenvalue weighted by Gasteiger charge is -2.22. The van der Waals surface area contributed by atoms with Crippen LogP contribution in [0.2, 0.25) is 0 Å². The first kappa shape index (κ1) is 19.3. The molecule has 0 bridgehead atoms. The first-order valence-corrected chi connectivity index (χ1v) is 10.6. The number of phenolic OH excluding ortho intramolecular Hbond substituents is 1. The molecule has 4 rings (SSSR count). The number of nitrogens with one attached hydrogen (secondary N) is 2. The molecule has 0 aliphatic carbocycles. The van der Waals surface area contributed by atoms with E-state index >= 15 is 0 Å². The van der Waals surface area contributed by atoms with Crippen LogP contribution in [0.5, 0.6) is 11.5 Å². The van der Waals surface area contributed by atoms with Gasteiger partial charge in [0.05, 0.1) is 17.9 Å². The molecule has 1 aromatic heterocycles. The van der Waals surface area contributed by atoms with Crippen molar-refractivity contribution in [3.05, 3.63) is 58.4 Å². The number of hydrogen-bond donors (Lipinski definition) is 3. The van der Waals surface area contributed by atoms with Gasteiger partial charge in [-0.25, -0.2) is 0 Å². The molecule has 1 atom stereocenters. The number of hydrogen-bond acceptors (Lipinski definition) is 6. The van der Waals surface area contributed by atoms with Crippen molar-refractivity contribution in [1.29, 1.82) is 0 Å². The molecule has 29 heavy (non-hydrogen) atoms. The summed E-state index contributed by atoms with van der Waals surface area (Å²) in [5, 5.41) is 18.9. The maximum atomic E-state index is 13.0. The summed E-state index contributed by atoms with van der Waals surface area (Å²) in [4.78, 5) is 15.9. The van der Waals surface area contributed by atoms with E-state index in [1.807, 2.05) is 37.3 Å². The van der Waals surface area contributed by atoms with Crippen LogP contribution in [0.1, 0.15) is 32.0 Å². The highest BCUT2D eigenvalue weighted by Gasteiger charge is 2.37. The predicted octanol–water partition coefficient (Wildman–Crippen LogP) is 3.30. The van der Waals surface area contributed by atoms with E-state index < -0.39 is 6.17 Å². The van der Waals surface area contributed by atoms with Crippen LogP contribution in [0, 0.1) is 0 Å². The van der Waals surface area contributed by atoms with E-state index in [9.17, 15) is 9.90 Å². The van der Waals surface area contributed by atoms with Gasteiger partial charge >= 0.3 is 11.3 Å². The average Bonchev–Trinajstić information content (AvgIpc) is 2.73. The number of thioether (sulfide) groups is 1. The zero-order valence-electron chi connectivity index (χ0n) is 16.3. The predicted molar refractivity (Wildman–Crippen MR) is 113 cm³/mol. The van der Waals surface area contributed by atoms with Crippen molar-refractivity contribution in [2.45, 2.75) is 31.6 Å². The van der Waals surface area contributed by atoms with Crippen LogP contribution in [0.25, 0.3) is 11.3 Å². The fourth-order valence-electron chi connectivity index (χ4n) is 3.35. The van der Waals surface area contributed by atoms with Crippen molar-refractivity contribution in [3.8, 4) is 22.8 Å². The largest absolute Gasteiger partial charge is 0.504 e. The van der Waals surface area contributed by atoms with Gasteiger partial charge in [-0.2, -0.15) is 0 Å². The summed E-state index contributed by atoms with van der Waals surface area (Å²) >= 11 is 1.52. The number of anilines is 1. The van der Waals surface area contributed by atoms with Gasteiger partial charge < -0.3 is 15.2 Å². The summed E-state index contributed by atoms with van der Waals surface area (Å²) in [5.74, 6) is 1.35. The molecule has 0 radical (unpaired) electrons. The van der Waals surface area contributed by atoms with Crippen LogP contribution < -0.4 is 20.3 Å². The maximum Gasteiger partial charge on any atom is 0.325 e. The molecule has 150 valence electrons. The second kappa shape index (κ2) is 8.16. The second-order valence-corrected chi connectivity index (χ2v) is 7.74. The van der Waals surface area contributed by atoms with Gasteiger partial charge in [-0.15, -0.1) is 0 Å². The summed E-state index contributed by atoms with van der Waals surface area (Å²) in [6.07, 6.45) is 0.569. The molecule has 3 N–H and O–H groups in total. The number of H-pyrrole nitrogens is 1. The topological polar surface area (TPSA) is 91.1 Å². The lowest BCUT2D eigenvalue weighted by atomic mass is 10.0. The first-order chi connectivity index (χ1) is 14.1. The number of para-hydroxylation sites is 1.